The van der Waals surface area contributed by atoms with Gasteiger partial charge in [-0.15, -0.1) is 0 Å². The lowest BCUT2D eigenvalue weighted by Gasteiger charge is -2.45. The summed E-state index contributed by atoms with van der Waals surface area (Å²) in [6.07, 6.45) is 0.703. The minimum absolute atomic E-state index is 0.0621. The fraction of sp³-hybridized carbons (Fsp3) is 0.900. The first kappa shape index (κ1) is 12.3. The molecule has 0 spiro atoms. The van der Waals surface area contributed by atoms with Crippen molar-refractivity contribution in [3.63, 3.8) is 0 Å². The predicted octanol–water partition coefficient (Wildman–Crippen LogP) is 0.363. The first-order valence-corrected chi connectivity index (χ1v) is 5.14. The van der Waals surface area contributed by atoms with Gasteiger partial charge in [0.15, 0.2) is 0 Å². The molecule has 1 aliphatic rings. The van der Waals surface area contributed by atoms with E-state index in [1.807, 2.05) is 0 Å². The Kier molecular flexibility index (Phi) is 3.25. The second kappa shape index (κ2) is 3.98. The summed E-state index contributed by atoms with van der Waals surface area (Å²) in [6.45, 7) is 5.29. The number of hydrogen-bond donors (Lipinski definition) is 3. The Morgan fingerprint density at radius 1 is 1.60 bits per heavy atom. The highest BCUT2D eigenvalue weighted by Gasteiger charge is 2.44. The lowest BCUT2D eigenvalue weighted by atomic mass is 9.74. The van der Waals surface area contributed by atoms with Crippen LogP contribution in [0, 0.1) is 0 Å². The fourth-order valence-electron chi connectivity index (χ4n) is 1.73. The van der Waals surface area contributed by atoms with Crippen molar-refractivity contribution in [2.45, 2.75) is 50.8 Å². The van der Waals surface area contributed by atoms with Gasteiger partial charge in [0.05, 0.1) is 12.1 Å². The minimum atomic E-state index is -0.568. The van der Waals surface area contributed by atoms with E-state index in [2.05, 4.69) is 5.32 Å². The van der Waals surface area contributed by atoms with E-state index in [0.717, 1.165) is 0 Å². The van der Waals surface area contributed by atoms with E-state index in [9.17, 15) is 9.90 Å². The monoisotopic (exact) mass is 216 g/mol. The van der Waals surface area contributed by atoms with Gasteiger partial charge in [-0.1, -0.05) is 0 Å². The third-order valence-corrected chi connectivity index (χ3v) is 2.37. The van der Waals surface area contributed by atoms with Gasteiger partial charge in [-0.05, 0) is 33.6 Å². The average Bonchev–Trinajstić information content (AvgIpc) is 1.97. The number of aliphatic hydroxyl groups is 1. The maximum atomic E-state index is 11.4. The average molecular weight is 216 g/mol. The zero-order valence-corrected chi connectivity index (χ0v) is 9.54. The summed E-state index contributed by atoms with van der Waals surface area (Å²) in [5.41, 5.74) is 4.54. The number of ether oxygens (including phenoxy) is 1. The molecule has 4 N–H and O–H groups in total. The molecule has 1 amide bonds. The van der Waals surface area contributed by atoms with E-state index in [1.54, 1.807) is 20.8 Å². The second-order valence-electron chi connectivity index (χ2n) is 5.23. The molecule has 0 unspecified atom stereocenters. The maximum Gasteiger partial charge on any atom is 0.408 e. The van der Waals surface area contributed by atoms with Crippen molar-refractivity contribution in [3.05, 3.63) is 0 Å². The maximum absolute atomic E-state index is 11.4. The molecule has 0 aliphatic heterocycles. The smallest absolute Gasteiger partial charge is 0.408 e. The summed E-state index contributed by atoms with van der Waals surface area (Å²) in [4.78, 5) is 11.4. The van der Waals surface area contributed by atoms with Crippen LogP contribution in [-0.2, 0) is 4.74 Å². The lowest BCUT2D eigenvalue weighted by molar-refractivity contribution is 0.0218. The van der Waals surface area contributed by atoms with Crippen LogP contribution in [0.1, 0.15) is 33.6 Å². The zero-order chi connectivity index (χ0) is 11.7. The summed E-state index contributed by atoms with van der Waals surface area (Å²) in [5, 5.41) is 11.9. The number of alkyl carbamates (subject to hydrolysis) is 1. The molecule has 0 aromatic heterocycles. The van der Waals surface area contributed by atoms with Crippen molar-refractivity contribution in [1.29, 1.82) is 0 Å². The fourth-order valence-corrected chi connectivity index (χ4v) is 1.73. The first-order valence-electron chi connectivity index (χ1n) is 5.14. The highest BCUT2D eigenvalue weighted by atomic mass is 16.6. The lowest BCUT2D eigenvalue weighted by Crippen LogP contribution is -2.64. The molecular weight excluding hydrogens is 196 g/mol. The molecule has 0 aromatic rings. The molecule has 0 radical (unpaired) electrons. The van der Waals surface area contributed by atoms with Crippen LogP contribution in [0.25, 0.3) is 0 Å². The Labute approximate surface area is 90.0 Å². The topological polar surface area (TPSA) is 84.6 Å². The predicted molar refractivity (Wildman–Crippen MR) is 56.4 cm³/mol. The number of amides is 1. The van der Waals surface area contributed by atoms with Crippen molar-refractivity contribution in [1.82, 2.24) is 5.32 Å². The number of rotatable bonds is 2. The van der Waals surface area contributed by atoms with Gasteiger partial charge < -0.3 is 20.9 Å². The number of nitrogens with two attached hydrogens (primary N) is 1. The third kappa shape index (κ3) is 3.35. The van der Waals surface area contributed by atoms with Gasteiger partial charge in [0, 0.05) is 6.04 Å². The van der Waals surface area contributed by atoms with Crippen LogP contribution in [0.4, 0.5) is 4.79 Å². The van der Waals surface area contributed by atoms with E-state index in [-0.39, 0.29) is 12.6 Å². The normalized spacial score (nSPS) is 30.6. The van der Waals surface area contributed by atoms with Crippen LogP contribution in [0.5, 0.6) is 0 Å². The molecule has 88 valence electrons. The first-order chi connectivity index (χ1) is 6.76. The number of aliphatic hydroxyl groups excluding tert-OH is 1. The Hall–Kier alpha value is -0.810. The Balaban J connectivity index is 2.44. The number of carbonyl (C=O) groups excluding carboxylic acids is 1. The molecule has 15 heavy (non-hydrogen) atoms. The van der Waals surface area contributed by atoms with Crippen molar-refractivity contribution >= 4 is 6.09 Å². The van der Waals surface area contributed by atoms with Crippen molar-refractivity contribution in [2.24, 2.45) is 5.73 Å². The van der Waals surface area contributed by atoms with Crippen LogP contribution in [0.2, 0.25) is 0 Å². The quantitative estimate of drug-likeness (QED) is 0.622. The highest BCUT2D eigenvalue weighted by Crippen LogP contribution is 2.30. The molecule has 5 heteroatoms. The number of hydrogen-bond acceptors (Lipinski definition) is 4. The minimum Gasteiger partial charge on any atom is -0.444 e. The number of nitrogens with one attached hydrogen (secondary N) is 1. The largest absolute Gasteiger partial charge is 0.444 e. The molecule has 1 aliphatic carbocycles. The molecule has 5 nitrogen and oxygen atoms in total. The molecule has 0 bridgehead atoms. The Morgan fingerprint density at radius 2 is 2.13 bits per heavy atom. The van der Waals surface area contributed by atoms with Gasteiger partial charge in [0.2, 0.25) is 0 Å². The molecule has 0 heterocycles. The standard InChI is InChI=1S/C10H20N2O3/c1-9(2,3)15-8(14)12-10(6-13)4-7(11)5-10/h7,13H,4-6,11H2,1-3H3,(H,12,14). The SMILES string of the molecule is CC(C)(C)OC(=O)NC1(CO)CC(N)C1. The van der Waals surface area contributed by atoms with Gasteiger partial charge in [-0.25, -0.2) is 4.79 Å². The summed E-state index contributed by atoms with van der Waals surface area (Å²) >= 11 is 0. The molecule has 1 fully saturated rings. The Morgan fingerprint density at radius 3 is 2.47 bits per heavy atom. The van der Waals surface area contributed by atoms with Gasteiger partial charge in [0.1, 0.15) is 5.60 Å². The van der Waals surface area contributed by atoms with Gasteiger partial charge in [-0.2, -0.15) is 0 Å². The van der Waals surface area contributed by atoms with Gasteiger partial charge in [0.25, 0.3) is 0 Å². The molecule has 0 atom stereocenters. The molecule has 0 saturated heterocycles. The summed E-state index contributed by atoms with van der Waals surface area (Å²) in [6, 6.07) is 0.0621. The number of carbonyl (C=O) groups is 1. The van der Waals surface area contributed by atoms with Crippen LogP contribution in [-0.4, -0.2) is 35.0 Å². The van der Waals surface area contributed by atoms with Crippen LogP contribution in [0.3, 0.4) is 0 Å². The van der Waals surface area contributed by atoms with E-state index in [0.29, 0.717) is 12.8 Å². The van der Waals surface area contributed by atoms with Crippen molar-refractivity contribution in [2.75, 3.05) is 6.61 Å². The van der Waals surface area contributed by atoms with Gasteiger partial charge in [-0.3, -0.25) is 0 Å². The van der Waals surface area contributed by atoms with Crippen molar-refractivity contribution in [3.8, 4) is 0 Å². The van der Waals surface area contributed by atoms with E-state index in [1.165, 1.54) is 0 Å². The van der Waals surface area contributed by atoms with E-state index >= 15 is 0 Å². The molecule has 0 aromatic carbocycles. The highest BCUT2D eigenvalue weighted by molar-refractivity contribution is 5.69. The third-order valence-electron chi connectivity index (χ3n) is 2.37. The Bertz CT molecular complexity index is 242. The van der Waals surface area contributed by atoms with E-state index < -0.39 is 17.2 Å². The van der Waals surface area contributed by atoms with Gasteiger partial charge >= 0.3 is 6.09 Å². The second-order valence-corrected chi connectivity index (χ2v) is 5.23. The van der Waals surface area contributed by atoms with Crippen molar-refractivity contribution < 1.29 is 14.6 Å². The zero-order valence-electron chi connectivity index (χ0n) is 9.54. The summed E-state index contributed by atoms with van der Waals surface area (Å²) in [5.74, 6) is 0. The van der Waals surface area contributed by atoms with Crippen LogP contribution in [0.15, 0.2) is 0 Å². The van der Waals surface area contributed by atoms with Crippen LogP contribution >= 0.6 is 0 Å². The molecular formula is C10H20N2O3. The van der Waals surface area contributed by atoms with E-state index in [4.69, 9.17) is 10.5 Å². The molecule has 1 saturated carbocycles. The summed E-state index contributed by atoms with van der Waals surface area (Å²) in [7, 11) is 0. The van der Waals surface area contributed by atoms with Crippen LogP contribution < -0.4 is 11.1 Å². The molecule has 1 rings (SSSR count). The summed E-state index contributed by atoms with van der Waals surface area (Å²) < 4.78 is 5.10.